The Morgan fingerprint density at radius 2 is 2.26 bits per heavy atom. The van der Waals surface area contributed by atoms with Crippen LogP contribution in [-0.4, -0.2) is 61.9 Å². The first-order valence-electron chi connectivity index (χ1n) is 7.34. The van der Waals surface area contributed by atoms with E-state index in [1.165, 1.54) is 0 Å². The molecule has 1 rings (SSSR count). The van der Waals surface area contributed by atoms with E-state index in [0.29, 0.717) is 25.0 Å². The highest BCUT2D eigenvalue weighted by atomic mass is 16.5. The Kier molecular flexibility index (Phi) is 8.02. The summed E-state index contributed by atoms with van der Waals surface area (Å²) in [6.45, 7) is 5.50. The second kappa shape index (κ2) is 9.28. The highest BCUT2D eigenvalue weighted by Crippen LogP contribution is 2.20. The van der Waals surface area contributed by atoms with Gasteiger partial charge >= 0.3 is 5.97 Å². The molecular weight excluding hydrogens is 244 g/mol. The summed E-state index contributed by atoms with van der Waals surface area (Å²) in [6.07, 6.45) is 3.33. The largest absolute Gasteiger partial charge is 0.466 e. The van der Waals surface area contributed by atoms with Gasteiger partial charge in [-0.1, -0.05) is 0 Å². The summed E-state index contributed by atoms with van der Waals surface area (Å²) < 4.78 is 4.97. The van der Waals surface area contributed by atoms with Gasteiger partial charge in [-0.25, -0.2) is 0 Å². The summed E-state index contributed by atoms with van der Waals surface area (Å²) in [5.74, 6) is 0.468. The number of hydrogen-bond acceptors (Lipinski definition) is 5. The van der Waals surface area contributed by atoms with Crippen LogP contribution in [0.1, 0.15) is 32.6 Å². The molecule has 1 saturated heterocycles. The maximum absolute atomic E-state index is 11.4. The zero-order valence-corrected chi connectivity index (χ0v) is 12.2. The molecule has 1 heterocycles. The van der Waals surface area contributed by atoms with Gasteiger partial charge < -0.3 is 20.1 Å². The number of aliphatic hydroxyl groups excluding tert-OH is 1. The Labute approximate surface area is 116 Å². The number of nitrogens with one attached hydrogen (secondary N) is 1. The van der Waals surface area contributed by atoms with Crippen LogP contribution in [0.5, 0.6) is 0 Å². The molecule has 0 aromatic rings. The zero-order chi connectivity index (χ0) is 14.1. The van der Waals surface area contributed by atoms with Gasteiger partial charge in [0, 0.05) is 32.2 Å². The number of carbonyl (C=O) groups is 1. The van der Waals surface area contributed by atoms with Crippen LogP contribution >= 0.6 is 0 Å². The lowest BCUT2D eigenvalue weighted by atomic mass is 9.90. The molecule has 5 heteroatoms. The van der Waals surface area contributed by atoms with Crippen LogP contribution in [0.2, 0.25) is 0 Å². The predicted molar refractivity (Wildman–Crippen MR) is 75.0 cm³/mol. The molecule has 19 heavy (non-hydrogen) atoms. The number of hydrogen-bond donors (Lipinski definition) is 2. The molecule has 0 bridgehead atoms. The van der Waals surface area contributed by atoms with Gasteiger partial charge in [0.05, 0.1) is 6.61 Å². The van der Waals surface area contributed by atoms with Crippen molar-refractivity contribution in [1.82, 2.24) is 10.2 Å². The smallest absolute Gasteiger partial charge is 0.305 e. The highest BCUT2D eigenvalue weighted by molar-refractivity contribution is 5.69. The number of ether oxygens (including phenoxy) is 1. The summed E-state index contributed by atoms with van der Waals surface area (Å²) in [5.41, 5.74) is 0. The number of rotatable bonds is 8. The van der Waals surface area contributed by atoms with Crippen molar-refractivity contribution in [2.75, 3.05) is 39.9 Å². The van der Waals surface area contributed by atoms with E-state index in [1.807, 2.05) is 6.92 Å². The van der Waals surface area contributed by atoms with Crippen LogP contribution in [-0.2, 0) is 9.53 Å². The van der Waals surface area contributed by atoms with E-state index in [0.717, 1.165) is 38.9 Å². The SMILES string of the molecule is CCOC(=O)CCC1CC(NCCCO)CN(C)C1. The number of likely N-dealkylation sites (tertiary alicyclic amines) is 1. The van der Waals surface area contributed by atoms with Gasteiger partial charge in [0.2, 0.25) is 0 Å². The number of carbonyl (C=O) groups excluding carboxylic acids is 1. The van der Waals surface area contributed by atoms with E-state index >= 15 is 0 Å². The molecule has 0 radical (unpaired) electrons. The van der Waals surface area contributed by atoms with E-state index in [2.05, 4.69) is 17.3 Å². The quantitative estimate of drug-likeness (QED) is 0.501. The van der Waals surface area contributed by atoms with Gasteiger partial charge in [-0.2, -0.15) is 0 Å². The number of aliphatic hydroxyl groups is 1. The third kappa shape index (κ3) is 6.89. The molecule has 0 aromatic heterocycles. The fraction of sp³-hybridized carbons (Fsp3) is 0.929. The van der Waals surface area contributed by atoms with Gasteiger partial charge in [0.25, 0.3) is 0 Å². The van der Waals surface area contributed by atoms with E-state index in [9.17, 15) is 4.79 Å². The van der Waals surface area contributed by atoms with Crippen molar-refractivity contribution < 1.29 is 14.6 Å². The molecule has 5 nitrogen and oxygen atoms in total. The molecule has 0 aromatic carbocycles. The standard InChI is InChI=1S/C14H28N2O3/c1-3-19-14(18)6-5-12-9-13(11-16(2)10-12)15-7-4-8-17/h12-13,15,17H,3-11H2,1-2H3. The Morgan fingerprint density at radius 1 is 1.47 bits per heavy atom. The topological polar surface area (TPSA) is 61.8 Å². The highest BCUT2D eigenvalue weighted by Gasteiger charge is 2.25. The Bertz CT molecular complexity index is 261. The van der Waals surface area contributed by atoms with Gasteiger partial charge in [-0.15, -0.1) is 0 Å². The Morgan fingerprint density at radius 3 is 2.95 bits per heavy atom. The molecule has 1 fully saturated rings. The lowest BCUT2D eigenvalue weighted by molar-refractivity contribution is -0.143. The van der Waals surface area contributed by atoms with Crippen LogP contribution in [0.25, 0.3) is 0 Å². The fourth-order valence-corrected chi connectivity index (χ4v) is 2.74. The van der Waals surface area contributed by atoms with Crippen molar-refractivity contribution >= 4 is 5.97 Å². The number of piperidine rings is 1. The van der Waals surface area contributed by atoms with Crippen LogP contribution in [0.4, 0.5) is 0 Å². The third-order valence-electron chi connectivity index (χ3n) is 3.55. The fourth-order valence-electron chi connectivity index (χ4n) is 2.74. The van der Waals surface area contributed by atoms with Crippen LogP contribution < -0.4 is 5.32 Å². The predicted octanol–water partition coefficient (Wildman–Crippen LogP) is 0.622. The van der Waals surface area contributed by atoms with Gasteiger partial charge in [0.1, 0.15) is 0 Å². The minimum atomic E-state index is -0.0829. The van der Waals surface area contributed by atoms with E-state index in [1.54, 1.807) is 0 Å². The van der Waals surface area contributed by atoms with E-state index in [4.69, 9.17) is 9.84 Å². The van der Waals surface area contributed by atoms with Crippen molar-refractivity contribution in [3.8, 4) is 0 Å². The molecule has 0 saturated carbocycles. The summed E-state index contributed by atoms with van der Waals surface area (Å²) >= 11 is 0. The lowest BCUT2D eigenvalue weighted by Gasteiger charge is -2.36. The molecule has 2 unspecified atom stereocenters. The normalized spacial score (nSPS) is 24.4. The maximum Gasteiger partial charge on any atom is 0.305 e. The van der Waals surface area contributed by atoms with Crippen LogP contribution in [0.15, 0.2) is 0 Å². The van der Waals surface area contributed by atoms with Crippen LogP contribution in [0, 0.1) is 5.92 Å². The van der Waals surface area contributed by atoms with Gasteiger partial charge in [-0.3, -0.25) is 4.79 Å². The molecule has 112 valence electrons. The molecule has 0 aliphatic carbocycles. The zero-order valence-electron chi connectivity index (χ0n) is 12.2. The summed E-state index contributed by atoms with van der Waals surface area (Å²) in [6, 6.07) is 0.470. The second-order valence-electron chi connectivity index (χ2n) is 5.39. The van der Waals surface area contributed by atoms with E-state index < -0.39 is 0 Å². The average Bonchev–Trinajstić information content (AvgIpc) is 2.37. The first kappa shape index (κ1) is 16.4. The van der Waals surface area contributed by atoms with Crippen molar-refractivity contribution in [1.29, 1.82) is 0 Å². The monoisotopic (exact) mass is 272 g/mol. The summed E-state index contributed by atoms with van der Waals surface area (Å²) in [4.78, 5) is 13.7. The lowest BCUT2D eigenvalue weighted by Crippen LogP contribution is -2.48. The first-order chi connectivity index (χ1) is 9.15. The minimum absolute atomic E-state index is 0.0829. The van der Waals surface area contributed by atoms with Crippen molar-refractivity contribution in [3.63, 3.8) is 0 Å². The Hall–Kier alpha value is -0.650. The summed E-state index contributed by atoms with van der Waals surface area (Å²) in [5, 5.41) is 12.3. The minimum Gasteiger partial charge on any atom is -0.466 e. The van der Waals surface area contributed by atoms with Crippen molar-refractivity contribution in [2.45, 2.75) is 38.6 Å². The number of nitrogens with zero attached hydrogens (tertiary/aromatic N) is 1. The van der Waals surface area contributed by atoms with Gasteiger partial charge in [-0.05, 0) is 45.7 Å². The second-order valence-corrected chi connectivity index (χ2v) is 5.39. The van der Waals surface area contributed by atoms with Gasteiger partial charge in [0.15, 0.2) is 0 Å². The average molecular weight is 272 g/mol. The van der Waals surface area contributed by atoms with Crippen molar-refractivity contribution in [2.24, 2.45) is 5.92 Å². The number of esters is 1. The molecular formula is C14H28N2O3. The number of likely N-dealkylation sites (N-methyl/N-ethyl adjacent to an activating group) is 1. The molecule has 2 N–H and O–H groups in total. The maximum atomic E-state index is 11.4. The van der Waals surface area contributed by atoms with Crippen molar-refractivity contribution in [3.05, 3.63) is 0 Å². The molecule has 1 aliphatic heterocycles. The van der Waals surface area contributed by atoms with E-state index in [-0.39, 0.29) is 12.6 Å². The Balaban J connectivity index is 2.27. The van der Waals surface area contributed by atoms with Crippen LogP contribution in [0.3, 0.4) is 0 Å². The molecule has 0 amide bonds. The third-order valence-corrected chi connectivity index (χ3v) is 3.55. The molecule has 1 aliphatic rings. The first-order valence-corrected chi connectivity index (χ1v) is 7.34. The molecule has 2 atom stereocenters. The molecule has 0 spiro atoms. The summed E-state index contributed by atoms with van der Waals surface area (Å²) in [7, 11) is 2.12.